The minimum Gasteiger partial charge on any atom is -0.264 e. The van der Waals surface area contributed by atoms with E-state index in [2.05, 4.69) is 27.5 Å². The fraction of sp³-hybridized carbons (Fsp3) is 0.500. The average Bonchev–Trinajstić information content (AvgIpc) is 2.35. The molecule has 0 spiro atoms. The molecule has 1 unspecified atom stereocenters. The van der Waals surface area contributed by atoms with Crippen molar-refractivity contribution in [3.8, 4) is 0 Å². The molecule has 106 valence electrons. The molecule has 0 aromatic carbocycles. The van der Waals surface area contributed by atoms with Gasteiger partial charge in [-0.2, -0.15) is 0 Å². The van der Waals surface area contributed by atoms with E-state index in [1.165, 1.54) is 0 Å². The Morgan fingerprint density at radius 3 is 2.84 bits per heavy atom. The molecule has 0 saturated carbocycles. The van der Waals surface area contributed by atoms with Gasteiger partial charge in [0, 0.05) is 16.9 Å². The lowest BCUT2D eigenvalue weighted by Crippen LogP contribution is -2.33. The number of nitrogens with two attached hydrogens (primary N) is 1. The number of halogens is 1. The van der Waals surface area contributed by atoms with Crippen molar-refractivity contribution in [3.63, 3.8) is 0 Å². The summed E-state index contributed by atoms with van der Waals surface area (Å²) in [5, 5.41) is 5.59. The van der Waals surface area contributed by atoms with Crippen LogP contribution < -0.4 is 5.14 Å². The highest BCUT2D eigenvalue weighted by atomic mass is 79.9. The van der Waals surface area contributed by atoms with E-state index in [1.54, 1.807) is 6.20 Å². The van der Waals surface area contributed by atoms with Gasteiger partial charge in [-0.25, -0.2) is 4.21 Å². The number of hydrogen-bond acceptors (Lipinski definition) is 2. The first-order chi connectivity index (χ1) is 8.88. The summed E-state index contributed by atoms with van der Waals surface area (Å²) >= 11 is 3.56. The summed E-state index contributed by atoms with van der Waals surface area (Å²) < 4.78 is 12.3. The third kappa shape index (κ3) is 4.82. The lowest BCUT2D eigenvalue weighted by Gasteiger charge is -2.28. The van der Waals surface area contributed by atoms with E-state index in [0.717, 1.165) is 29.3 Å². The van der Waals surface area contributed by atoms with Gasteiger partial charge in [0.25, 0.3) is 0 Å². The second kappa shape index (κ2) is 7.31. The van der Waals surface area contributed by atoms with Crippen molar-refractivity contribution < 1.29 is 4.21 Å². The second-order valence-electron chi connectivity index (χ2n) is 5.22. The standard InChI is InChI=1S/C14H21BrN2OS/c1-4-5-6-11(9-14(2,3)19(16)18)12-10-17-8-7-13(12)15/h4,7-8,10-11H,1,5-6,9,16H2,2-3H3/t11-,19?/m0/s1. The monoisotopic (exact) mass is 344 g/mol. The van der Waals surface area contributed by atoms with Crippen molar-refractivity contribution >= 4 is 26.9 Å². The van der Waals surface area contributed by atoms with Crippen LogP contribution in [0.15, 0.2) is 35.6 Å². The second-order valence-corrected chi connectivity index (χ2v) is 7.78. The van der Waals surface area contributed by atoms with E-state index >= 15 is 0 Å². The van der Waals surface area contributed by atoms with Gasteiger partial charge in [-0.1, -0.05) is 22.0 Å². The molecule has 0 aliphatic carbocycles. The van der Waals surface area contributed by atoms with Crippen LogP contribution in [0.5, 0.6) is 0 Å². The van der Waals surface area contributed by atoms with Gasteiger partial charge in [-0.15, -0.1) is 6.58 Å². The van der Waals surface area contributed by atoms with Crippen LogP contribution >= 0.6 is 15.9 Å². The quantitative estimate of drug-likeness (QED) is 0.767. The molecular weight excluding hydrogens is 324 g/mol. The van der Waals surface area contributed by atoms with Gasteiger partial charge in [0.1, 0.15) is 0 Å². The number of rotatable bonds is 7. The molecule has 1 aromatic heterocycles. The summed E-state index contributed by atoms with van der Waals surface area (Å²) in [5.74, 6) is 0.267. The number of aromatic nitrogens is 1. The minimum atomic E-state index is -1.34. The fourth-order valence-corrected chi connectivity index (χ4v) is 2.96. The van der Waals surface area contributed by atoms with Crippen LogP contribution in [0, 0.1) is 0 Å². The summed E-state index contributed by atoms with van der Waals surface area (Å²) in [6.07, 6.45) is 8.16. The van der Waals surface area contributed by atoms with Crippen molar-refractivity contribution in [3.05, 3.63) is 41.2 Å². The van der Waals surface area contributed by atoms with Crippen molar-refractivity contribution in [2.24, 2.45) is 5.14 Å². The number of hydrogen-bond donors (Lipinski definition) is 1. The molecule has 2 N–H and O–H groups in total. The molecule has 1 aromatic rings. The lowest BCUT2D eigenvalue weighted by molar-refractivity contribution is 0.494. The van der Waals surface area contributed by atoms with Crippen molar-refractivity contribution in [2.75, 3.05) is 0 Å². The third-order valence-corrected chi connectivity index (χ3v) is 5.22. The predicted octanol–water partition coefficient (Wildman–Crippen LogP) is 3.69. The van der Waals surface area contributed by atoms with E-state index in [1.807, 2.05) is 32.2 Å². The van der Waals surface area contributed by atoms with E-state index in [4.69, 9.17) is 5.14 Å². The first kappa shape index (κ1) is 16.5. The Kier molecular flexibility index (Phi) is 6.36. The zero-order chi connectivity index (χ0) is 14.5. The summed E-state index contributed by atoms with van der Waals surface area (Å²) in [6.45, 7) is 7.65. The maximum absolute atomic E-state index is 11.6. The Hall–Kier alpha value is -0.520. The topological polar surface area (TPSA) is 56.0 Å². The first-order valence-corrected chi connectivity index (χ1v) is 8.25. The van der Waals surface area contributed by atoms with Gasteiger partial charge in [0.2, 0.25) is 0 Å². The van der Waals surface area contributed by atoms with Crippen LogP contribution in [0.3, 0.4) is 0 Å². The van der Waals surface area contributed by atoms with Crippen molar-refractivity contribution in [1.29, 1.82) is 0 Å². The number of pyridine rings is 1. The summed E-state index contributed by atoms with van der Waals surface area (Å²) in [5.41, 5.74) is 1.14. The predicted molar refractivity (Wildman–Crippen MR) is 85.1 cm³/mol. The zero-order valence-corrected chi connectivity index (χ0v) is 13.8. The van der Waals surface area contributed by atoms with Crippen LogP contribution in [0.1, 0.15) is 44.6 Å². The first-order valence-electron chi connectivity index (χ1n) is 6.25. The molecular formula is C14H21BrN2OS. The van der Waals surface area contributed by atoms with Crippen LogP contribution in [0.25, 0.3) is 0 Å². The summed E-state index contributed by atoms with van der Waals surface area (Å²) in [7, 11) is -1.34. The summed E-state index contributed by atoms with van der Waals surface area (Å²) in [4.78, 5) is 4.19. The number of nitrogens with zero attached hydrogens (tertiary/aromatic N) is 1. The number of allylic oxidation sites excluding steroid dienone is 1. The Balaban J connectivity index is 2.99. The van der Waals surface area contributed by atoms with Gasteiger partial charge in [-0.05, 0) is 50.7 Å². The zero-order valence-electron chi connectivity index (χ0n) is 11.4. The molecule has 0 amide bonds. The minimum absolute atomic E-state index is 0.267. The fourth-order valence-electron chi connectivity index (χ4n) is 2.05. The van der Waals surface area contributed by atoms with Gasteiger partial charge >= 0.3 is 0 Å². The lowest BCUT2D eigenvalue weighted by atomic mass is 9.87. The van der Waals surface area contributed by atoms with E-state index < -0.39 is 15.7 Å². The highest BCUT2D eigenvalue weighted by molar-refractivity contribution is 9.10. The van der Waals surface area contributed by atoms with Crippen molar-refractivity contribution in [2.45, 2.75) is 43.8 Å². The summed E-state index contributed by atoms with van der Waals surface area (Å²) in [6, 6.07) is 1.93. The van der Waals surface area contributed by atoms with Gasteiger partial charge < -0.3 is 0 Å². The molecule has 0 aliphatic heterocycles. The van der Waals surface area contributed by atoms with Gasteiger partial charge in [0.15, 0.2) is 0 Å². The maximum Gasteiger partial charge on any atom is 0.0945 e. The SMILES string of the molecule is C=CCC[C@@H](CC(C)(C)S(N)=O)c1cnccc1Br. The van der Waals surface area contributed by atoms with Crippen LogP contribution in [0.4, 0.5) is 0 Å². The molecule has 0 radical (unpaired) electrons. The van der Waals surface area contributed by atoms with E-state index in [9.17, 15) is 4.21 Å². The van der Waals surface area contributed by atoms with Crippen molar-refractivity contribution in [1.82, 2.24) is 4.98 Å². The molecule has 1 rings (SSSR count). The van der Waals surface area contributed by atoms with Crippen LogP contribution in [0.2, 0.25) is 0 Å². The maximum atomic E-state index is 11.6. The molecule has 3 nitrogen and oxygen atoms in total. The van der Waals surface area contributed by atoms with Gasteiger partial charge in [-0.3, -0.25) is 10.1 Å². The Labute approximate surface area is 126 Å². The molecule has 0 bridgehead atoms. The smallest absolute Gasteiger partial charge is 0.0945 e. The van der Waals surface area contributed by atoms with Gasteiger partial charge in [0.05, 0.1) is 15.7 Å². The molecule has 0 aliphatic rings. The highest BCUT2D eigenvalue weighted by Gasteiger charge is 2.29. The Morgan fingerprint density at radius 1 is 1.63 bits per heavy atom. The molecule has 5 heteroatoms. The van der Waals surface area contributed by atoms with E-state index in [-0.39, 0.29) is 5.92 Å². The normalized spacial score (nSPS) is 14.9. The highest BCUT2D eigenvalue weighted by Crippen LogP contribution is 2.35. The molecule has 2 atom stereocenters. The van der Waals surface area contributed by atoms with E-state index in [0.29, 0.717) is 0 Å². The third-order valence-electron chi connectivity index (χ3n) is 3.24. The molecule has 0 saturated heterocycles. The Morgan fingerprint density at radius 2 is 2.32 bits per heavy atom. The molecule has 19 heavy (non-hydrogen) atoms. The molecule has 0 fully saturated rings. The molecule has 1 heterocycles. The average molecular weight is 345 g/mol. The van der Waals surface area contributed by atoms with Crippen LogP contribution in [-0.2, 0) is 11.0 Å². The Bertz CT molecular complexity index is 463. The largest absolute Gasteiger partial charge is 0.264 e. The van der Waals surface area contributed by atoms with Crippen LogP contribution in [-0.4, -0.2) is 13.9 Å².